The van der Waals surface area contributed by atoms with Crippen molar-refractivity contribution < 1.29 is 9.15 Å². The molecule has 2 aromatic heterocycles. The van der Waals surface area contributed by atoms with Gasteiger partial charge in [-0.1, -0.05) is 48.2 Å². The normalized spacial score (nSPS) is 11.0. The van der Waals surface area contributed by atoms with Crippen molar-refractivity contribution in [3.8, 4) is 17.2 Å². The summed E-state index contributed by atoms with van der Waals surface area (Å²) in [5, 5.41) is 8.91. The number of nitrogens with zero attached hydrogens (tertiary/aromatic N) is 4. The molecule has 0 spiro atoms. The Morgan fingerprint density at radius 2 is 1.79 bits per heavy atom. The van der Waals surface area contributed by atoms with Gasteiger partial charge in [0.25, 0.3) is 0 Å². The highest BCUT2D eigenvalue weighted by Crippen LogP contribution is 2.25. The predicted molar refractivity (Wildman–Crippen MR) is 112 cm³/mol. The van der Waals surface area contributed by atoms with Gasteiger partial charge in [0.1, 0.15) is 18.6 Å². The van der Waals surface area contributed by atoms with Crippen LogP contribution in [0.3, 0.4) is 0 Å². The van der Waals surface area contributed by atoms with E-state index < -0.39 is 0 Å². The quantitative estimate of drug-likeness (QED) is 0.364. The molecule has 0 fully saturated rings. The Morgan fingerprint density at radius 1 is 1.03 bits per heavy atom. The topological polar surface area (TPSA) is 92.0 Å². The summed E-state index contributed by atoms with van der Waals surface area (Å²) >= 11 is 1.44. The van der Waals surface area contributed by atoms with E-state index in [0.717, 1.165) is 28.1 Å². The number of thioether (sulfide) groups is 1. The molecule has 0 amide bonds. The highest BCUT2D eigenvalue weighted by Gasteiger charge is 2.14. The number of hydrogen-bond donors (Lipinski definition) is 1. The summed E-state index contributed by atoms with van der Waals surface area (Å²) in [6.45, 7) is 4.27. The average molecular weight is 407 g/mol. The first-order valence-electron chi connectivity index (χ1n) is 9.13. The van der Waals surface area contributed by atoms with Crippen LogP contribution >= 0.6 is 11.8 Å². The maximum atomic E-state index is 6.15. The molecule has 4 aromatic rings. The molecule has 0 aliphatic rings. The zero-order valence-electron chi connectivity index (χ0n) is 16.2. The van der Waals surface area contributed by atoms with E-state index in [2.05, 4.69) is 15.2 Å². The largest absolute Gasteiger partial charge is 0.485 e. The molecule has 2 heterocycles. The van der Waals surface area contributed by atoms with Gasteiger partial charge >= 0.3 is 0 Å². The summed E-state index contributed by atoms with van der Waals surface area (Å²) in [6, 6.07) is 15.8. The zero-order valence-corrected chi connectivity index (χ0v) is 17.0. The summed E-state index contributed by atoms with van der Waals surface area (Å²) in [5.41, 5.74) is 3.90. The molecular formula is C21H21N5O2S. The van der Waals surface area contributed by atoms with Crippen molar-refractivity contribution in [2.45, 2.75) is 31.4 Å². The Hall–Kier alpha value is -3.26. The fourth-order valence-corrected chi connectivity index (χ4v) is 3.65. The van der Waals surface area contributed by atoms with Crippen LogP contribution in [0.1, 0.15) is 22.6 Å². The third kappa shape index (κ3) is 4.27. The molecule has 0 aliphatic heterocycles. The highest BCUT2D eigenvalue weighted by molar-refractivity contribution is 7.98. The third-order valence-electron chi connectivity index (χ3n) is 4.41. The second-order valence-corrected chi connectivity index (χ2v) is 7.52. The molecular weight excluding hydrogens is 386 g/mol. The fraction of sp³-hybridized carbons (Fsp3) is 0.190. The van der Waals surface area contributed by atoms with E-state index in [4.69, 9.17) is 15.0 Å². The van der Waals surface area contributed by atoms with Crippen LogP contribution in [0.15, 0.2) is 64.4 Å². The minimum atomic E-state index is 0.248. The van der Waals surface area contributed by atoms with Crippen molar-refractivity contribution >= 4 is 11.8 Å². The average Bonchev–Trinajstić information content (AvgIpc) is 3.34. The number of ether oxygens (including phenoxy) is 1. The van der Waals surface area contributed by atoms with Crippen molar-refractivity contribution in [1.29, 1.82) is 0 Å². The van der Waals surface area contributed by atoms with Gasteiger partial charge in [-0.25, -0.2) is 9.66 Å². The summed E-state index contributed by atoms with van der Waals surface area (Å²) < 4.78 is 12.9. The number of benzene rings is 2. The minimum absolute atomic E-state index is 0.248. The van der Waals surface area contributed by atoms with Crippen LogP contribution in [0.2, 0.25) is 0 Å². The van der Waals surface area contributed by atoms with E-state index in [1.54, 1.807) is 6.26 Å². The van der Waals surface area contributed by atoms with Crippen LogP contribution in [0, 0.1) is 13.8 Å². The molecule has 8 heteroatoms. The molecule has 148 valence electrons. The second-order valence-electron chi connectivity index (χ2n) is 6.58. The third-order valence-corrected chi connectivity index (χ3v) is 5.39. The number of nitrogens with two attached hydrogens (primary N) is 1. The molecule has 0 radical (unpaired) electrons. The van der Waals surface area contributed by atoms with Crippen LogP contribution in [0.4, 0.5) is 0 Å². The molecule has 2 aromatic carbocycles. The van der Waals surface area contributed by atoms with E-state index >= 15 is 0 Å². The first-order valence-corrected chi connectivity index (χ1v) is 10.1. The van der Waals surface area contributed by atoms with Crippen LogP contribution in [0.5, 0.6) is 5.75 Å². The predicted octanol–water partition coefficient (Wildman–Crippen LogP) is 4.14. The Bertz CT molecular complexity index is 1090. The van der Waals surface area contributed by atoms with Crippen molar-refractivity contribution in [3.63, 3.8) is 0 Å². The Balaban J connectivity index is 1.39. The van der Waals surface area contributed by atoms with Crippen LogP contribution in [0.25, 0.3) is 11.5 Å². The van der Waals surface area contributed by atoms with Crippen molar-refractivity contribution in [1.82, 2.24) is 19.9 Å². The molecule has 2 N–H and O–H groups in total. The van der Waals surface area contributed by atoms with Gasteiger partial charge in [0.2, 0.25) is 11.0 Å². The van der Waals surface area contributed by atoms with Gasteiger partial charge in [-0.2, -0.15) is 0 Å². The molecule has 0 saturated carbocycles. The number of hydrogen-bond acceptors (Lipinski definition) is 7. The Kier molecular flexibility index (Phi) is 5.53. The van der Waals surface area contributed by atoms with E-state index in [-0.39, 0.29) is 6.61 Å². The summed E-state index contributed by atoms with van der Waals surface area (Å²) in [6.07, 6.45) is 1.65. The van der Waals surface area contributed by atoms with Crippen molar-refractivity contribution in [3.05, 3.63) is 77.4 Å². The number of oxazole rings is 1. The number of nitrogen functional groups attached to an aromatic ring is 1. The molecule has 0 bridgehead atoms. The van der Waals surface area contributed by atoms with Crippen LogP contribution < -0.4 is 10.6 Å². The molecule has 29 heavy (non-hydrogen) atoms. The number of aromatic nitrogens is 4. The van der Waals surface area contributed by atoms with E-state index in [1.807, 2.05) is 62.4 Å². The van der Waals surface area contributed by atoms with E-state index in [9.17, 15) is 0 Å². The SMILES string of the molecule is Cc1cccc(C)c1OCc1nnc(SCc2coc(-c3ccccc3)n2)n1N. The monoisotopic (exact) mass is 407 g/mol. The van der Waals surface area contributed by atoms with Crippen LogP contribution in [-0.2, 0) is 12.4 Å². The lowest BCUT2D eigenvalue weighted by Crippen LogP contribution is -2.16. The molecule has 0 aliphatic carbocycles. The van der Waals surface area contributed by atoms with Crippen molar-refractivity contribution in [2.24, 2.45) is 0 Å². The molecule has 0 unspecified atom stereocenters. The smallest absolute Gasteiger partial charge is 0.226 e. The Morgan fingerprint density at radius 3 is 2.55 bits per heavy atom. The lowest BCUT2D eigenvalue weighted by atomic mass is 10.1. The second kappa shape index (κ2) is 8.40. The maximum Gasteiger partial charge on any atom is 0.226 e. The van der Waals surface area contributed by atoms with Crippen LogP contribution in [-0.4, -0.2) is 19.9 Å². The first-order chi connectivity index (χ1) is 14.1. The Labute approximate surface area is 172 Å². The van der Waals surface area contributed by atoms with Gasteiger partial charge in [0.05, 0.1) is 5.69 Å². The molecule has 0 saturated heterocycles. The summed E-state index contributed by atoms with van der Waals surface area (Å²) in [4.78, 5) is 4.52. The lowest BCUT2D eigenvalue weighted by Gasteiger charge is -2.11. The number of para-hydroxylation sites is 1. The molecule has 7 nitrogen and oxygen atoms in total. The van der Waals surface area contributed by atoms with Crippen molar-refractivity contribution in [2.75, 3.05) is 5.84 Å². The van der Waals surface area contributed by atoms with Gasteiger partial charge in [-0.3, -0.25) is 0 Å². The van der Waals surface area contributed by atoms with Gasteiger partial charge in [0, 0.05) is 11.3 Å². The fourth-order valence-electron chi connectivity index (χ4n) is 2.89. The van der Waals surface area contributed by atoms with Gasteiger partial charge in [0.15, 0.2) is 5.82 Å². The first kappa shape index (κ1) is 19.1. The van der Waals surface area contributed by atoms with Gasteiger partial charge in [-0.15, -0.1) is 10.2 Å². The summed E-state index contributed by atoms with van der Waals surface area (Å²) in [5.74, 6) is 8.72. The van der Waals surface area contributed by atoms with Gasteiger partial charge in [-0.05, 0) is 37.1 Å². The standard InChI is InChI=1S/C21H21N5O2S/c1-14-7-6-8-15(2)19(14)27-12-18-24-25-21(26(18)22)29-13-17-11-28-20(23-17)16-9-4-3-5-10-16/h3-11H,12-13,22H2,1-2H3. The van der Waals surface area contributed by atoms with E-state index in [0.29, 0.717) is 22.6 Å². The molecule has 4 rings (SSSR count). The molecule has 0 atom stereocenters. The maximum absolute atomic E-state index is 6.15. The minimum Gasteiger partial charge on any atom is -0.485 e. The summed E-state index contributed by atoms with van der Waals surface area (Å²) in [7, 11) is 0. The lowest BCUT2D eigenvalue weighted by molar-refractivity contribution is 0.288. The number of rotatable bonds is 7. The zero-order chi connectivity index (χ0) is 20.2. The number of aryl methyl sites for hydroxylation is 2. The van der Waals surface area contributed by atoms with Gasteiger partial charge < -0.3 is 15.0 Å². The highest BCUT2D eigenvalue weighted by atomic mass is 32.2. The van der Waals surface area contributed by atoms with E-state index in [1.165, 1.54) is 16.4 Å².